The van der Waals surface area contributed by atoms with E-state index in [-0.39, 0.29) is 23.6 Å². The van der Waals surface area contributed by atoms with Gasteiger partial charge >= 0.3 is 0 Å². The zero-order valence-corrected chi connectivity index (χ0v) is 10.3. The summed E-state index contributed by atoms with van der Waals surface area (Å²) < 4.78 is 22.7. The van der Waals surface area contributed by atoms with Gasteiger partial charge in [0, 0.05) is 18.6 Å². The summed E-state index contributed by atoms with van der Waals surface area (Å²) in [6.45, 7) is 6.20. The third kappa shape index (κ3) is 3.37. The summed E-state index contributed by atoms with van der Waals surface area (Å²) in [7, 11) is -2.88. The molecule has 0 aliphatic carbocycles. The molecule has 6 heteroatoms. The number of aliphatic imine (C=N–C) groups is 1. The average Bonchev–Trinajstić information content (AvgIpc) is 1.99. The molecule has 0 bridgehead atoms. The van der Waals surface area contributed by atoms with Crippen molar-refractivity contribution in [3.63, 3.8) is 0 Å². The minimum atomic E-state index is -2.88. The van der Waals surface area contributed by atoms with Crippen molar-refractivity contribution in [3.05, 3.63) is 0 Å². The summed E-state index contributed by atoms with van der Waals surface area (Å²) in [6.07, 6.45) is 0. The molecule has 5 nitrogen and oxygen atoms in total. The molecule has 1 fully saturated rings. The number of nitrogens with zero attached hydrogens (tertiary/aromatic N) is 2. The number of rotatable bonds is 1. The number of hydrogen-bond donors (Lipinski definition) is 1. The second kappa shape index (κ2) is 4.38. The van der Waals surface area contributed by atoms with Crippen LogP contribution >= 0.6 is 0 Å². The Bertz CT molecular complexity index is 348. The molecule has 0 spiro atoms. The molecule has 1 saturated heterocycles. The van der Waals surface area contributed by atoms with Gasteiger partial charge < -0.3 is 10.6 Å². The van der Waals surface area contributed by atoms with E-state index >= 15 is 0 Å². The van der Waals surface area contributed by atoms with Gasteiger partial charge in [-0.25, -0.2) is 8.42 Å². The normalized spacial score (nSPS) is 27.1. The Morgan fingerprint density at radius 1 is 1.53 bits per heavy atom. The van der Waals surface area contributed by atoms with Gasteiger partial charge in [-0.05, 0) is 20.8 Å². The molecule has 1 unspecified atom stereocenters. The SMILES string of the molecule is CC(C)N=C(N)N1CCS(=O)(=O)CC1C. The summed E-state index contributed by atoms with van der Waals surface area (Å²) in [4.78, 5) is 6.09. The lowest BCUT2D eigenvalue weighted by Gasteiger charge is -2.34. The van der Waals surface area contributed by atoms with Gasteiger partial charge in [0.25, 0.3) is 0 Å². The first-order chi connectivity index (χ1) is 6.82. The minimum Gasteiger partial charge on any atom is -0.370 e. The van der Waals surface area contributed by atoms with E-state index in [0.29, 0.717) is 12.5 Å². The maximum atomic E-state index is 11.3. The zero-order valence-electron chi connectivity index (χ0n) is 9.47. The highest BCUT2D eigenvalue weighted by atomic mass is 32.2. The molecule has 0 aromatic rings. The van der Waals surface area contributed by atoms with Crippen molar-refractivity contribution in [3.8, 4) is 0 Å². The van der Waals surface area contributed by atoms with E-state index < -0.39 is 9.84 Å². The summed E-state index contributed by atoms with van der Waals surface area (Å²) >= 11 is 0. The standard InChI is InChI=1S/C9H19N3O2S/c1-7(2)11-9(10)12-4-5-15(13,14)6-8(12)3/h7-8H,4-6H2,1-3H3,(H2,10,11). The smallest absolute Gasteiger partial charge is 0.191 e. The van der Waals surface area contributed by atoms with Crippen molar-refractivity contribution >= 4 is 15.8 Å². The lowest BCUT2D eigenvalue weighted by atomic mass is 10.3. The fourth-order valence-electron chi connectivity index (χ4n) is 1.68. The number of nitrogens with two attached hydrogens (primary N) is 1. The van der Waals surface area contributed by atoms with Crippen molar-refractivity contribution in [1.82, 2.24) is 4.90 Å². The molecule has 1 atom stereocenters. The number of hydrogen-bond acceptors (Lipinski definition) is 3. The van der Waals surface area contributed by atoms with Gasteiger partial charge in [0.05, 0.1) is 11.5 Å². The molecule has 1 heterocycles. The fourth-order valence-corrected chi connectivity index (χ4v) is 3.23. The van der Waals surface area contributed by atoms with E-state index in [4.69, 9.17) is 5.73 Å². The lowest BCUT2D eigenvalue weighted by Crippen LogP contribution is -2.52. The Labute approximate surface area is 91.3 Å². The van der Waals surface area contributed by atoms with Crippen LogP contribution in [0.25, 0.3) is 0 Å². The highest BCUT2D eigenvalue weighted by molar-refractivity contribution is 7.91. The van der Waals surface area contributed by atoms with E-state index in [1.165, 1.54) is 0 Å². The summed E-state index contributed by atoms with van der Waals surface area (Å²) in [5.41, 5.74) is 5.81. The largest absolute Gasteiger partial charge is 0.370 e. The van der Waals surface area contributed by atoms with Crippen LogP contribution in [0.3, 0.4) is 0 Å². The van der Waals surface area contributed by atoms with Gasteiger partial charge in [0.15, 0.2) is 15.8 Å². The molecule has 1 rings (SSSR count). The molecule has 0 radical (unpaired) electrons. The number of sulfone groups is 1. The quantitative estimate of drug-likeness (QED) is 0.504. The van der Waals surface area contributed by atoms with Crippen LogP contribution in [0.2, 0.25) is 0 Å². The van der Waals surface area contributed by atoms with Crippen molar-refractivity contribution in [2.24, 2.45) is 10.7 Å². The monoisotopic (exact) mass is 233 g/mol. The van der Waals surface area contributed by atoms with Gasteiger partial charge in [-0.2, -0.15) is 0 Å². The van der Waals surface area contributed by atoms with E-state index in [1.54, 1.807) is 0 Å². The molecule has 0 amide bonds. The molecule has 1 aliphatic rings. The molecule has 0 aromatic heterocycles. The van der Waals surface area contributed by atoms with E-state index in [9.17, 15) is 8.42 Å². The van der Waals surface area contributed by atoms with E-state index in [1.807, 2.05) is 25.7 Å². The predicted octanol–water partition coefficient (Wildman–Crippen LogP) is -0.172. The highest BCUT2D eigenvalue weighted by Crippen LogP contribution is 2.11. The second-order valence-corrected chi connectivity index (χ2v) is 6.47. The van der Waals surface area contributed by atoms with Crippen LogP contribution < -0.4 is 5.73 Å². The van der Waals surface area contributed by atoms with Crippen molar-refractivity contribution < 1.29 is 8.42 Å². The van der Waals surface area contributed by atoms with Gasteiger partial charge in [-0.1, -0.05) is 0 Å². The molecule has 15 heavy (non-hydrogen) atoms. The van der Waals surface area contributed by atoms with Crippen molar-refractivity contribution in [2.75, 3.05) is 18.1 Å². The molecule has 0 saturated carbocycles. The first-order valence-electron chi connectivity index (χ1n) is 5.12. The Hall–Kier alpha value is -0.780. The lowest BCUT2D eigenvalue weighted by molar-refractivity contribution is 0.347. The maximum Gasteiger partial charge on any atom is 0.191 e. The predicted molar refractivity (Wildman–Crippen MR) is 61.6 cm³/mol. The van der Waals surface area contributed by atoms with Crippen LogP contribution in [0.1, 0.15) is 20.8 Å². The highest BCUT2D eigenvalue weighted by Gasteiger charge is 2.29. The van der Waals surface area contributed by atoms with Gasteiger partial charge in [-0.15, -0.1) is 0 Å². The third-order valence-corrected chi connectivity index (χ3v) is 4.15. The molecule has 2 N–H and O–H groups in total. The Kier molecular flexibility index (Phi) is 3.59. The van der Waals surface area contributed by atoms with Crippen molar-refractivity contribution in [2.45, 2.75) is 32.9 Å². The van der Waals surface area contributed by atoms with Crippen molar-refractivity contribution in [1.29, 1.82) is 0 Å². The van der Waals surface area contributed by atoms with Gasteiger partial charge in [0.1, 0.15) is 0 Å². The second-order valence-electron chi connectivity index (χ2n) is 4.24. The summed E-state index contributed by atoms with van der Waals surface area (Å²) in [6, 6.07) is 0.0574. The van der Waals surface area contributed by atoms with E-state index in [2.05, 4.69) is 4.99 Å². The van der Waals surface area contributed by atoms with E-state index in [0.717, 1.165) is 0 Å². The van der Waals surface area contributed by atoms with Gasteiger partial charge in [0.2, 0.25) is 0 Å². The van der Waals surface area contributed by atoms with Gasteiger partial charge in [-0.3, -0.25) is 4.99 Å². The first-order valence-corrected chi connectivity index (χ1v) is 6.94. The summed E-state index contributed by atoms with van der Waals surface area (Å²) in [5.74, 6) is 0.792. The average molecular weight is 233 g/mol. The topological polar surface area (TPSA) is 75.8 Å². The van der Waals surface area contributed by atoms with Crippen LogP contribution in [-0.2, 0) is 9.84 Å². The maximum absolute atomic E-state index is 11.3. The molecular formula is C9H19N3O2S. The minimum absolute atomic E-state index is 0.0775. The Balaban J connectivity index is 2.74. The fraction of sp³-hybridized carbons (Fsp3) is 0.889. The Morgan fingerprint density at radius 3 is 2.60 bits per heavy atom. The first kappa shape index (κ1) is 12.3. The van der Waals surface area contributed by atoms with Crippen LogP contribution in [0.5, 0.6) is 0 Å². The molecule has 1 aliphatic heterocycles. The molecule has 0 aromatic carbocycles. The number of guanidine groups is 1. The van der Waals surface area contributed by atoms with Crippen LogP contribution in [-0.4, -0.2) is 49.4 Å². The summed E-state index contributed by atoms with van der Waals surface area (Å²) in [5, 5.41) is 0. The zero-order chi connectivity index (χ0) is 11.6. The third-order valence-electron chi connectivity index (χ3n) is 2.36. The van der Waals surface area contributed by atoms with Crippen LogP contribution in [0.4, 0.5) is 0 Å². The molecule has 88 valence electrons. The van der Waals surface area contributed by atoms with Crippen LogP contribution in [0.15, 0.2) is 4.99 Å². The molecular weight excluding hydrogens is 214 g/mol. The Morgan fingerprint density at radius 2 is 2.13 bits per heavy atom. The van der Waals surface area contributed by atoms with Crippen LogP contribution in [0, 0.1) is 0 Å².